The summed E-state index contributed by atoms with van der Waals surface area (Å²) in [5.41, 5.74) is 0. The minimum Gasteiger partial charge on any atom is -0.365 e. The largest absolute Gasteiger partial charge is 0.365 e. The second-order valence-electron chi connectivity index (χ2n) is 1.71. The van der Waals surface area contributed by atoms with Crippen molar-refractivity contribution in [2.45, 2.75) is 20.0 Å². The van der Waals surface area contributed by atoms with E-state index >= 15 is 0 Å². The van der Waals surface area contributed by atoms with Crippen LogP contribution in [0.3, 0.4) is 0 Å². The maximum absolute atomic E-state index is 4.79. The first-order chi connectivity index (χ1) is 3.66. The van der Waals surface area contributed by atoms with Gasteiger partial charge in [-0.2, -0.15) is 0 Å². The monoisotopic (exact) mass is 132 g/mol. The van der Waals surface area contributed by atoms with Crippen LogP contribution in [0.15, 0.2) is 0 Å². The Balaban J connectivity index is 3.24. The number of hydrogen-bond donors (Lipinski definition) is 2. The molecule has 0 spiro atoms. The van der Waals surface area contributed by atoms with E-state index in [1.807, 2.05) is 20.9 Å². The lowest BCUT2D eigenvalue weighted by Gasteiger charge is -2.11. The molecule has 0 radical (unpaired) electrons. The van der Waals surface area contributed by atoms with Gasteiger partial charge in [0.2, 0.25) is 0 Å². The zero-order valence-corrected chi connectivity index (χ0v) is 6.30. The highest BCUT2D eigenvalue weighted by atomic mass is 32.1. The van der Waals surface area contributed by atoms with Crippen LogP contribution in [-0.4, -0.2) is 18.2 Å². The molecule has 0 fully saturated rings. The molecule has 0 amide bonds. The predicted octanol–water partition coefficient (Wildman–Crippen LogP) is 0.489. The zero-order chi connectivity index (χ0) is 6.57. The fourth-order valence-electron chi connectivity index (χ4n) is 0.377. The lowest BCUT2D eigenvalue weighted by Crippen LogP contribution is -2.39. The van der Waals surface area contributed by atoms with Gasteiger partial charge in [0.25, 0.3) is 0 Å². The van der Waals surface area contributed by atoms with Crippen LogP contribution in [0.1, 0.15) is 13.8 Å². The molecule has 0 saturated heterocycles. The fraction of sp³-hybridized carbons (Fsp3) is 0.800. The van der Waals surface area contributed by atoms with E-state index in [0.29, 0.717) is 0 Å². The third kappa shape index (κ3) is 4.02. The quantitative estimate of drug-likeness (QED) is 0.422. The lowest BCUT2D eigenvalue weighted by molar-refractivity contribution is 0.580. The van der Waals surface area contributed by atoms with Crippen molar-refractivity contribution in [3.05, 3.63) is 0 Å². The molecule has 8 heavy (non-hydrogen) atoms. The summed E-state index contributed by atoms with van der Waals surface area (Å²) in [5.74, 6) is 0. The molecule has 0 bridgehead atoms. The van der Waals surface area contributed by atoms with Crippen LogP contribution in [0.5, 0.6) is 0 Å². The molecule has 1 atom stereocenters. The van der Waals surface area contributed by atoms with Crippen molar-refractivity contribution in [2.24, 2.45) is 0 Å². The molecular weight excluding hydrogens is 120 g/mol. The molecule has 0 saturated carbocycles. The van der Waals surface area contributed by atoms with Crippen molar-refractivity contribution in [3.8, 4) is 0 Å². The van der Waals surface area contributed by atoms with E-state index < -0.39 is 0 Å². The molecule has 3 heteroatoms. The first-order valence-electron chi connectivity index (χ1n) is 2.61. The van der Waals surface area contributed by atoms with Crippen LogP contribution in [0, 0.1) is 0 Å². The summed E-state index contributed by atoms with van der Waals surface area (Å²) in [6, 6.07) is 0. The highest BCUT2D eigenvalue weighted by Gasteiger charge is 1.92. The van der Waals surface area contributed by atoms with Crippen molar-refractivity contribution in [3.63, 3.8) is 0 Å². The molecule has 0 aromatic heterocycles. The number of thiocarbonyl (C=S) groups is 1. The standard InChI is InChI=1S/C5H12N2S/c1-4(6-3)7-5(2)8/h4,6H,1-3H3,(H,7,8). The minimum absolute atomic E-state index is 0.285. The first-order valence-corrected chi connectivity index (χ1v) is 3.02. The Kier molecular flexibility index (Phi) is 3.73. The maximum Gasteiger partial charge on any atom is 0.0741 e. The van der Waals surface area contributed by atoms with Gasteiger partial charge in [-0.15, -0.1) is 0 Å². The first kappa shape index (κ1) is 7.85. The van der Waals surface area contributed by atoms with Crippen molar-refractivity contribution in [1.82, 2.24) is 10.6 Å². The summed E-state index contributed by atoms with van der Waals surface area (Å²) >= 11 is 4.79. The normalized spacial score (nSPS) is 12.9. The van der Waals surface area contributed by atoms with Gasteiger partial charge in [0.05, 0.1) is 11.2 Å². The van der Waals surface area contributed by atoms with Gasteiger partial charge in [0.1, 0.15) is 0 Å². The Bertz CT molecular complexity index is 82.5. The van der Waals surface area contributed by atoms with Gasteiger partial charge in [-0.05, 0) is 20.9 Å². The smallest absolute Gasteiger partial charge is 0.0741 e. The Labute approximate surface area is 55.7 Å². The minimum atomic E-state index is 0.285. The highest BCUT2D eigenvalue weighted by Crippen LogP contribution is 1.72. The zero-order valence-electron chi connectivity index (χ0n) is 5.49. The maximum atomic E-state index is 4.79. The molecule has 0 aromatic rings. The molecule has 2 N–H and O–H groups in total. The molecule has 0 rings (SSSR count). The van der Waals surface area contributed by atoms with E-state index in [9.17, 15) is 0 Å². The predicted molar refractivity (Wildman–Crippen MR) is 39.9 cm³/mol. The highest BCUT2D eigenvalue weighted by molar-refractivity contribution is 7.80. The Morgan fingerprint density at radius 3 is 2.25 bits per heavy atom. The third-order valence-corrected chi connectivity index (χ3v) is 0.971. The van der Waals surface area contributed by atoms with Gasteiger partial charge in [0, 0.05) is 0 Å². The van der Waals surface area contributed by atoms with E-state index in [2.05, 4.69) is 10.6 Å². The average molecular weight is 132 g/mol. The second-order valence-corrected chi connectivity index (χ2v) is 2.32. The van der Waals surface area contributed by atoms with Gasteiger partial charge >= 0.3 is 0 Å². The summed E-state index contributed by atoms with van der Waals surface area (Å²) in [5, 5.41) is 6.01. The van der Waals surface area contributed by atoms with Crippen LogP contribution in [0.2, 0.25) is 0 Å². The Morgan fingerprint density at radius 2 is 2.12 bits per heavy atom. The Hall–Kier alpha value is -0.150. The number of nitrogens with one attached hydrogen (secondary N) is 2. The molecule has 2 nitrogen and oxygen atoms in total. The van der Waals surface area contributed by atoms with E-state index in [-0.39, 0.29) is 6.17 Å². The van der Waals surface area contributed by atoms with Crippen molar-refractivity contribution in [1.29, 1.82) is 0 Å². The number of rotatable bonds is 2. The molecule has 0 aromatic carbocycles. The number of hydrogen-bond acceptors (Lipinski definition) is 2. The molecule has 48 valence electrons. The second kappa shape index (κ2) is 3.80. The molecule has 0 heterocycles. The van der Waals surface area contributed by atoms with Gasteiger partial charge in [-0.25, -0.2) is 0 Å². The van der Waals surface area contributed by atoms with E-state index in [4.69, 9.17) is 12.2 Å². The molecule has 1 unspecified atom stereocenters. The van der Waals surface area contributed by atoms with Crippen molar-refractivity contribution in [2.75, 3.05) is 7.05 Å². The van der Waals surface area contributed by atoms with Crippen LogP contribution in [0.25, 0.3) is 0 Å². The summed E-state index contributed by atoms with van der Waals surface area (Å²) in [6.45, 7) is 3.87. The topological polar surface area (TPSA) is 24.1 Å². The summed E-state index contributed by atoms with van der Waals surface area (Å²) in [6.07, 6.45) is 0.285. The van der Waals surface area contributed by atoms with E-state index in [0.717, 1.165) is 4.99 Å². The van der Waals surface area contributed by atoms with Gasteiger partial charge in [-0.3, -0.25) is 0 Å². The third-order valence-electron chi connectivity index (χ3n) is 0.853. The molecule has 0 aliphatic carbocycles. The van der Waals surface area contributed by atoms with E-state index in [1.165, 1.54) is 0 Å². The summed E-state index contributed by atoms with van der Waals surface area (Å²) in [4.78, 5) is 0.826. The molecule has 0 aliphatic heterocycles. The average Bonchev–Trinajstić information content (AvgIpc) is 1.65. The van der Waals surface area contributed by atoms with Crippen LogP contribution in [0.4, 0.5) is 0 Å². The molecule has 0 aliphatic rings. The summed E-state index contributed by atoms with van der Waals surface area (Å²) < 4.78 is 0. The summed E-state index contributed by atoms with van der Waals surface area (Å²) in [7, 11) is 1.88. The Morgan fingerprint density at radius 1 is 1.62 bits per heavy atom. The fourth-order valence-corrected chi connectivity index (χ4v) is 0.554. The SMILES string of the molecule is CNC(C)NC(C)=S. The van der Waals surface area contributed by atoms with E-state index in [1.54, 1.807) is 0 Å². The van der Waals surface area contributed by atoms with Gasteiger partial charge < -0.3 is 10.6 Å². The van der Waals surface area contributed by atoms with Gasteiger partial charge in [-0.1, -0.05) is 12.2 Å². The lowest BCUT2D eigenvalue weighted by atomic mass is 10.5. The van der Waals surface area contributed by atoms with Crippen LogP contribution in [-0.2, 0) is 0 Å². The molecular formula is C5H12N2S. The van der Waals surface area contributed by atoms with Gasteiger partial charge in [0.15, 0.2) is 0 Å². The van der Waals surface area contributed by atoms with Crippen LogP contribution < -0.4 is 10.6 Å². The van der Waals surface area contributed by atoms with Crippen molar-refractivity contribution < 1.29 is 0 Å². The van der Waals surface area contributed by atoms with Crippen molar-refractivity contribution >= 4 is 17.2 Å². The van der Waals surface area contributed by atoms with Crippen LogP contribution >= 0.6 is 12.2 Å².